The number of carbonyl (C=O) groups excluding carboxylic acids is 2. The Morgan fingerprint density at radius 2 is 2.00 bits per heavy atom. The molecule has 0 radical (unpaired) electrons. The van der Waals surface area contributed by atoms with E-state index in [0.29, 0.717) is 11.4 Å². The summed E-state index contributed by atoms with van der Waals surface area (Å²) in [6, 6.07) is 5.10. The highest BCUT2D eigenvalue weighted by Crippen LogP contribution is 2.23. The molecule has 0 unspecified atom stereocenters. The molecular weight excluding hydrogens is 236 g/mol. The van der Waals surface area contributed by atoms with Crippen LogP contribution in [0.3, 0.4) is 0 Å². The fraction of sp³-hybridized carbons (Fsp3) is 0.333. The quantitative estimate of drug-likeness (QED) is 0.610. The monoisotopic (exact) mass is 250 g/mol. The Morgan fingerprint density at radius 3 is 2.61 bits per heavy atom. The second kappa shape index (κ2) is 5.05. The van der Waals surface area contributed by atoms with Gasteiger partial charge in [-0.25, -0.2) is 0 Å². The number of nitrogens with two attached hydrogens (primary N) is 1. The van der Waals surface area contributed by atoms with Crippen molar-refractivity contribution in [1.29, 1.82) is 0 Å². The van der Waals surface area contributed by atoms with Crippen LogP contribution in [0.4, 0.5) is 5.69 Å². The predicted molar refractivity (Wildman–Crippen MR) is 63.8 cm³/mol. The number of amides is 2. The molecule has 1 saturated heterocycles. The number of carbonyl (C=O) groups is 2. The minimum Gasteiger partial charge on any atom is -0.496 e. The van der Waals surface area contributed by atoms with E-state index < -0.39 is 0 Å². The lowest BCUT2D eigenvalue weighted by Gasteiger charge is -2.25. The third-order valence-corrected chi connectivity index (χ3v) is 2.69. The van der Waals surface area contributed by atoms with Gasteiger partial charge in [-0.05, 0) is 6.07 Å². The Kier molecular flexibility index (Phi) is 3.47. The molecule has 1 heterocycles. The zero-order chi connectivity index (χ0) is 13.1. The first kappa shape index (κ1) is 12.4. The molecule has 6 heteroatoms. The van der Waals surface area contributed by atoms with E-state index >= 15 is 0 Å². The highest BCUT2D eigenvalue weighted by atomic mass is 16.5. The van der Waals surface area contributed by atoms with Crippen molar-refractivity contribution in [2.75, 3.05) is 26.1 Å². The molecule has 0 spiro atoms. The van der Waals surface area contributed by atoms with Gasteiger partial charge in [0.2, 0.25) is 0 Å². The number of nitrogen functional groups attached to an aromatic ring is 1. The van der Waals surface area contributed by atoms with Gasteiger partial charge in [-0.1, -0.05) is 6.07 Å². The summed E-state index contributed by atoms with van der Waals surface area (Å²) in [4.78, 5) is 24.3. The van der Waals surface area contributed by atoms with E-state index in [-0.39, 0.29) is 31.6 Å². The maximum absolute atomic E-state index is 11.6. The van der Waals surface area contributed by atoms with Gasteiger partial charge in [-0.2, -0.15) is 0 Å². The van der Waals surface area contributed by atoms with Crippen LogP contribution in [-0.2, 0) is 20.9 Å². The van der Waals surface area contributed by atoms with E-state index in [2.05, 4.69) is 0 Å². The number of rotatable bonds is 3. The number of imide groups is 1. The highest BCUT2D eigenvalue weighted by molar-refractivity contribution is 5.98. The van der Waals surface area contributed by atoms with Gasteiger partial charge < -0.3 is 15.2 Å². The summed E-state index contributed by atoms with van der Waals surface area (Å²) in [6.45, 7) is 0.0382. The first-order valence-electron chi connectivity index (χ1n) is 5.45. The minimum absolute atomic E-state index is 0.0664. The maximum atomic E-state index is 11.6. The van der Waals surface area contributed by atoms with Gasteiger partial charge in [-0.3, -0.25) is 14.5 Å². The third-order valence-electron chi connectivity index (χ3n) is 2.69. The van der Waals surface area contributed by atoms with Crippen LogP contribution in [0, 0.1) is 0 Å². The molecule has 1 aliphatic rings. The highest BCUT2D eigenvalue weighted by Gasteiger charge is 2.27. The number of nitrogens with zero attached hydrogens (tertiary/aromatic N) is 1. The molecule has 1 fully saturated rings. The molecule has 2 rings (SSSR count). The summed E-state index contributed by atoms with van der Waals surface area (Å²) >= 11 is 0. The maximum Gasteiger partial charge on any atom is 0.255 e. The van der Waals surface area contributed by atoms with Crippen molar-refractivity contribution in [2.24, 2.45) is 0 Å². The fourth-order valence-electron chi connectivity index (χ4n) is 1.76. The lowest BCUT2D eigenvalue weighted by molar-refractivity contribution is -0.159. The zero-order valence-corrected chi connectivity index (χ0v) is 10.0. The molecule has 2 amide bonds. The molecule has 1 aromatic carbocycles. The second-order valence-electron chi connectivity index (χ2n) is 3.94. The summed E-state index contributed by atoms with van der Waals surface area (Å²) < 4.78 is 10.0. The van der Waals surface area contributed by atoms with E-state index in [1.54, 1.807) is 18.2 Å². The molecule has 0 saturated carbocycles. The summed E-state index contributed by atoms with van der Waals surface area (Å²) in [5, 5.41) is 0. The normalized spacial score (nSPS) is 15.9. The van der Waals surface area contributed by atoms with Crippen molar-refractivity contribution in [1.82, 2.24) is 4.90 Å². The van der Waals surface area contributed by atoms with E-state index in [4.69, 9.17) is 15.2 Å². The van der Waals surface area contributed by atoms with Crippen LogP contribution in [0.2, 0.25) is 0 Å². The Hall–Kier alpha value is -2.08. The predicted octanol–water partition coefficient (Wildman–Crippen LogP) is 0.163. The SMILES string of the molecule is COc1cc(N)ccc1CN1C(=O)COCC1=O. The smallest absolute Gasteiger partial charge is 0.255 e. The molecule has 6 nitrogen and oxygen atoms in total. The number of benzene rings is 1. The molecule has 0 bridgehead atoms. The number of anilines is 1. The first-order valence-corrected chi connectivity index (χ1v) is 5.45. The van der Waals surface area contributed by atoms with Crippen molar-refractivity contribution in [3.05, 3.63) is 23.8 Å². The molecule has 96 valence electrons. The molecule has 18 heavy (non-hydrogen) atoms. The van der Waals surface area contributed by atoms with Crippen LogP contribution >= 0.6 is 0 Å². The summed E-state index contributed by atoms with van der Waals surface area (Å²) in [5.41, 5.74) is 6.94. The van der Waals surface area contributed by atoms with Crippen LogP contribution in [0.1, 0.15) is 5.56 Å². The molecule has 1 aromatic rings. The lowest BCUT2D eigenvalue weighted by Crippen LogP contribution is -2.45. The molecule has 0 aromatic heterocycles. The number of methoxy groups -OCH3 is 1. The lowest BCUT2D eigenvalue weighted by atomic mass is 10.1. The van der Waals surface area contributed by atoms with Crippen LogP contribution in [-0.4, -0.2) is 37.0 Å². The van der Waals surface area contributed by atoms with E-state index in [9.17, 15) is 9.59 Å². The van der Waals surface area contributed by atoms with Gasteiger partial charge in [-0.15, -0.1) is 0 Å². The second-order valence-corrected chi connectivity index (χ2v) is 3.94. The van der Waals surface area contributed by atoms with Crippen molar-refractivity contribution in [3.8, 4) is 5.75 Å². The third kappa shape index (κ3) is 2.43. The standard InChI is InChI=1S/C12H14N2O4/c1-17-10-4-9(13)3-2-8(10)5-14-11(15)6-18-7-12(14)16/h2-4H,5-7,13H2,1H3. The van der Waals surface area contributed by atoms with Crippen molar-refractivity contribution >= 4 is 17.5 Å². The van der Waals surface area contributed by atoms with Crippen molar-refractivity contribution < 1.29 is 19.1 Å². The van der Waals surface area contributed by atoms with Gasteiger partial charge in [0.1, 0.15) is 19.0 Å². The summed E-state index contributed by atoms with van der Waals surface area (Å²) in [5.74, 6) is -0.127. The molecule has 2 N–H and O–H groups in total. The average Bonchev–Trinajstić information content (AvgIpc) is 2.35. The van der Waals surface area contributed by atoms with Crippen molar-refractivity contribution in [2.45, 2.75) is 6.54 Å². The topological polar surface area (TPSA) is 81.9 Å². The molecule has 1 aliphatic heterocycles. The minimum atomic E-state index is -0.342. The number of hydrogen-bond acceptors (Lipinski definition) is 5. The Morgan fingerprint density at radius 1 is 1.33 bits per heavy atom. The van der Waals surface area contributed by atoms with E-state index in [0.717, 1.165) is 10.5 Å². The zero-order valence-electron chi connectivity index (χ0n) is 10.0. The Balaban J connectivity index is 2.22. The van der Waals surface area contributed by atoms with E-state index in [1.807, 2.05) is 0 Å². The van der Waals surface area contributed by atoms with Crippen LogP contribution < -0.4 is 10.5 Å². The van der Waals surface area contributed by atoms with Crippen LogP contribution in [0.25, 0.3) is 0 Å². The molecule has 0 atom stereocenters. The Labute approximate surface area is 104 Å². The number of ether oxygens (including phenoxy) is 2. The largest absolute Gasteiger partial charge is 0.496 e. The first-order chi connectivity index (χ1) is 8.61. The molecular formula is C12H14N2O4. The Bertz CT molecular complexity index is 471. The van der Waals surface area contributed by atoms with Crippen molar-refractivity contribution in [3.63, 3.8) is 0 Å². The van der Waals surface area contributed by atoms with Gasteiger partial charge in [0, 0.05) is 17.3 Å². The van der Waals surface area contributed by atoms with Gasteiger partial charge in [0.15, 0.2) is 0 Å². The van der Waals surface area contributed by atoms with Crippen LogP contribution in [0.15, 0.2) is 18.2 Å². The molecule has 0 aliphatic carbocycles. The van der Waals surface area contributed by atoms with E-state index in [1.165, 1.54) is 7.11 Å². The van der Waals surface area contributed by atoms with Crippen LogP contribution in [0.5, 0.6) is 5.75 Å². The average molecular weight is 250 g/mol. The van der Waals surface area contributed by atoms with Gasteiger partial charge >= 0.3 is 0 Å². The summed E-state index contributed by atoms with van der Waals surface area (Å²) in [7, 11) is 1.52. The van der Waals surface area contributed by atoms with Gasteiger partial charge in [0.05, 0.1) is 13.7 Å². The van der Waals surface area contributed by atoms with Gasteiger partial charge in [0.25, 0.3) is 11.8 Å². The number of morpholine rings is 1. The fourth-order valence-corrected chi connectivity index (χ4v) is 1.76. The number of hydrogen-bond donors (Lipinski definition) is 1. The summed E-state index contributed by atoms with van der Waals surface area (Å²) in [6.07, 6.45) is 0.